The van der Waals surface area contributed by atoms with Gasteiger partial charge in [0.05, 0.1) is 25.2 Å². The summed E-state index contributed by atoms with van der Waals surface area (Å²) in [4.78, 5) is 11.5. The minimum atomic E-state index is -0.638. The van der Waals surface area contributed by atoms with Crippen LogP contribution in [0.25, 0.3) is 0 Å². The van der Waals surface area contributed by atoms with E-state index in [4.69, 9.17) is 9.47 Å². The van der Waals surface area contributed by atoms with Crippen LogP contribution in [0.2, 0.25) is 0 Å². The molecule has 0 radical (unpaired) electrons. The van der Waals surface area contributed by atoms with Gasteiger partial charge in [-0.25, -0.2) is 0 Å². The van der Waals surface area contributed by atoms with E-state index in [-0.39, 0.29) is 25.2 Å². The van der Waals surface area contributed by atoms with Gasteiger partial charge in [0.25, 0.3) is 0 Å². The summed E-state index contributed by atoms with van der Waals surface area (Å²) in [5.74, 6) is -0.0675. The summed E-state index contributed by atoms with van der Waals surface area (Å²) in [5, 5.41) is 12.0. The quantitative estimate of drug-likeness (QED) is 0.679. The third-order valence-electron chi connectivity index (χ3n) is 2.58. The number of aliphatic hydroxyl groups excluding tert-OH is 1. The Kier molecular flexibility index (Phi) is 6.37. The SMILES string of the molecule is COCC(O)CNC(=O)CC1CCCCO1. The molecule has 0 aliphatic carbocycles. The number of hydrogen-bond donors (Lipinski definition) is 2. The van der Waals surface area contributed by atoms with Gasteiger partial charge in [-0.1, -0.05) is 0 Å². The average Bonchev–Trinajstić information content (AvgIpc) is 2.28. The van der Waals surface area contributed by atoms with E-state index < -0.39 is 6.10 Å². The van der Waals surface area contributed by atoms with Crippen LogP contribution in [0.15, 0.2) is 0 Å². The summed E-state index contributed by atoms with van der Waals surface area (Å²) >= 11 is 0. The molecule has 1 aliphatic rings. The van der Waals surface area contributed by atoms with Crippen molar-refractivity contribution in [2.24, 2.45) is 0 Å². The number of ether oxygens (including phenoxy) is 2. The predicted molar refractivity (Wildman–Crippen MR) is 59.1 cm³/mol. The molecule has 1 rings (SSSR count). The van der Waals surface area contributed by atoms with Crippen LogP contribution in [-0.2, 0) is 14.3 Å². The van der Waals surface area contributed by atoms with Gasteiger partial charge in [-0.05, 0) is 19.3 Å². The molecule has 1 amide bonds. The molecule has 2 N–H and O–H groups in total. The first-order chi connectivity index (χ1) is 7.72. The van der Waals surface area contributed by atoms with Crippen LogP contribution in [0.3, 0.4) is 0 Å². The lowest BCUT2D eigenvalue weighted by molar-refractivity contribution is -0.125. The second-order valence-electron chi connectivity index (χ2n) is 4.11. The van der Waals surface area contributed by atoms with Crippen LogP contribution < -0.4 is 5.32 Å². The maximum absolute atomic E-state index is 11.5. The minimum Gasteiger partial charge on any atom is -0.389 e. The molecule has 1 saturated heterocycles. The number of carbonyl (C=O) groups is 1. The summed E-state index contributed by atoms with van der Waals surface area (Å²) in [6, 6.07) is 0. The van der Waals surface area contributed by atoms with Gasteiger partial charge in [-0.2, -0.15) is 0 Å². The highest BCUT2D eigenvalue weighted by molar-refractivity contribution is 5.76. The molecule has 0 saturated carbocycles. The van der Waals surface area contributed by atoms with Crippen molar-refractivity contribution in [2.75, 3.05) is 26.9 Å². The number of aliphatic hydroxyl groups is 1. The highest BCUT2D eigenvalue weighted by Crippen LogP contribution is 2.15. The van der Waals surface area contributed by atoms with E-state index in [1.54, 1.807) is 0 Å². The van der Waals surface area contributed by atoms with Crippen molar-refractivity contribution in [3.63, 3.8) is 0 Å². The Morgan fingerprint density at radius 2 is 2.44 bits per heavy atom. The Labute approximate surface area is 96.1 Å². The number of carbonyl (C=O) groups excluding carboxylic acids is 1. The number of nitrogens with one attached hydrogen (secondary N) is 1. The molecule has 0 aromatic heterocycles. The lowest BCUT2D eigenvalue weighted by Gasteiger charge is -2.22. The van der Waals surface area contributed by atoms with Gasteiger partial charge in [0, 0.05) is 20.3 Å². The molecule has 5 nitrogen and oxygen atoms in total. The summed E-state index contributed by atoms with van der Waals surface area (Å²) < 4.78 is 10.2. The Bertz CT molecular complexity index is 204. The number of amides is 1. The van der Waals surface area contributed by atoms with Crippen LogP contribution in [0, 0.1) is 0 Å². The molecule has 5 heteroatoms. The van der Waals surface area contributed by atoms with E-state index in [0.29, 0.717) is 6.42 Å². The molecule has 0 aromatic carbocycles. The predicted octanol–water partition coefficient (Wildman–Crippen LogP) is 0.0691. The molecule has 0 aromatic rings. The zero-order valence-electron chi connectivity index (χ0n) is 9.78. The fraction of sp³-hybridized carbons (Fsp3) is 0.909. The van der Waals surface area contributed by atoms with E-state index in [0.717, 1.165) is 25.9 Å². The Morgan fingerprint density at radius 3 is 3.06 bits per heavy atom. The Morgan fingerprint density at radius 1 is 1.62 bits per heavy atom. The van der Waals surface area contributed by atoms with Crippen LogP contribution in [0.1, 0.15) is 25.7 Å². The number of hydrogen-bond acceptors (Lipinski definition) is 4. The third kappa shape index (κ3) is 5.44. The maximum Gasteiger partial charge on any atom is 0.222 e. The van der Waals surface area contributed by atoms with E-state index in [2.05, 4.69) is 5.32 Å². The molecular formula is C11H21NO4. The van der Waals surface area contributed by atoms with Crippen molar-refractivity contribution in [1.82, 2.24) is 5.32 Å². The van der Waals surface area contributed by atoms with Gasteiger partial charge in [-0.3, -0.25) is 4.79 Å². The fourth-order valence-electron chi connectivity index (χ4n) is 1.73. The molecular weight excluding hydrogens is 210 g/mol. The van der Waals surface area contributed by atoms with Gasteiger partial charge in [-0.15, -0.1) is 0 Å². The van der Waals surface area contributed by atoms with Crippen molar-refractivity contribution in [2.45, 2.75) is 37.9 Å². The second kappa shape index (κ2) is 7.60. The lowest BCUT2D eigenvalue weighted by atomic mass is 10.1. The van der Waals surface area contributed by atoms with Gasteiger partial charge < -0.3 is 19.9 Å². The topological polar surface area (TPSA) is 67.8 Å². The summed E-state index contributed by atoms with van der Waals surface area (Å²) in [5.41, 5.74) is 0. The molecule has 2 atom stereocenters. The first-order valence-corrected chi connectivity index (χ1v) is 5.77. The minimum absolute atomic E-state index is 0.0494. The zero-order valence-corrected chi connectivity index (χ0v) is 9.78. The van der Waals surface area contributed by atoms with Crippen molar-refractivity contribution in [3.05, 3.63) is 0 Å². The summed E-state index contributed by atoms with van der Waals surface area (Å²) in [6.45, 7) is 1.23. The summed E-state index contributed by atoms with van der Waals surface area (Å²) in [6.07, 6.45) is 2.97. The molecule has 1 fully saturated rings. The van der Waals surface area contributed by atoms with E-state index in [1.165, 1.54) is 7.11 Å². The van der Waals surface area contributed by atoms with Gasteiger partial charge >= 0.3 is 0 Å². The average molecular weight is 231 g/mol. The largest absolute Gasteiger partial charge is 0.389 e. The normalized spacial score (nSPS) is 22.8. The standard InChI is InChI=1S/C11H21NO4/c1-15-8-9(13)7-12-11(14)6-10-4-2-3-5-16-10/h9-10,13H,2-8H2,1H3,(H,12,14). The second-order valence-corrected chi connectivity index (χ2v) is 4.11. The highest BCUT2D eigenvalue weighted by Gasteiger charge is 2.17. The van der Waals surface area contributed by atoms with E-state index in [1.807, 2.05) is 0 Å². The Balaban J connectivity index is 2.10. The maximum atomic E-state index is 11.5. The van der Waals surface area contributed by atoms with Crippen LogP contribution >= 0.6 is 0 Å². The van der Waals surface area contributed by atoms with Crippen molar-refractivity contribution < 1.29 is 19.4 Å². The van der Waals surface area contributed by atoms with E-state index >= 15 is 0 Å². The van der Waals surface area contributed by atoms with Crippen molar-refractivity contribution in [1.29, 1.82) is 0 Å². The molecule has 1 aliphatic heterocycles. The smallest absolute Gasteiger partial charge is 0.222 e. The van der Waals surface area contributed by atoms with Crippen molar-refractivity contribution >= 4 is 5.91 Å². The first-order valence-electron chi connectivity index (χ1n) is 5.77. The van der Waals surface area contributed by atoms with Gasteiger partial charge in [0.15, 0.2) is 0 Å². The molecule has 1 heterocycles. The van der Waals surface area contributed by atoms with E-state index in [9.17, 15) is 9.90 Å². The lowest BCUT2D eigenvalue weighted by Crippen LogP contribution is -2.36. The fourth-order valence-corrected chi connectivity index (χ4v) is 1.73. The van der Waals surface area contributed by atoms with Crippen LogP contribution in [0.4, 0.5) is 0 Å². The molecule has 2 unspecified atom stereocenters. The molecule has 94 valence electrons. The number of methoxy groups -OCH3 is 1. The molecule has 16 heavy (non-hydrogen) atoms. The Hall–Kier alpha value is -0.650. The molecule has 0 spiro atoms. The van der Waals surface area contributed by atoms with Crippen LogP contribution in [0.5, 0.6) is 0 Å². The zero-order chi connectivity index (χ0) is 11.8. The summed E-state index contributed by atoms with van der Waals surface area (Å²) in [7, 11) is 1.51. The van der Waals surface area contributed by atoms with Gasteiger partial charge in [0.2, 0.25) is 5.91 Å². The van der Waals surface area contributed by atoms with Gasteiger partial charge in [0.1, 0.15) is 0 Å². The monoisotopic (exact) mass is 231 g/mol. The highest BCUT2D eigenvalue weighted by atomic mass is 16.5. The van der Waals surface area contributed by atoms with Crippen LogP contribution in [-0.4, -0.2) is 50.1 Å². The number of rotatable bonds is 6. The first kappa shape index (κ1) is 13.4. The van der Waals surface area contributed by atoms with Crippen molar-refractivity contribution in [3.8, 4) is 0 Å². The third-order valence-corrected chi connectivity index (χ3v) is 2.58. The molecule has 0 bridgehead atoms.